The number of carbonyl (C=O) groups is 1. The van der Waals surface area contributed by atoms with Crippen LogP contribution < -0.4 is 15.9 Å². The molecule has 2 fully saturated rings. The summed E-state index contributed by atoms with van der Waals surface area (Å²) in [4.78, 5) is 37.4. The van der Waals surface area contributed by atoms with Crippen LogP contribution in [0.5, 0.6) is 0 Å². The van der Waals surface area contributed by atoms with Gasteiger partial charge in [0.05, 0.1) is 45.3 Å². The Morgan fingerprint density at radius 3 is 2.52 bits per heavy atom. The first-order chi connectivity index (χ1) is 19.4. The van der Waals surface area contributed by atoms with E-state index in [1.54, 1.807) is 30.0 Å². The van der Waals surface area contributed by atoms with E-state index in [0.717, 1.165) is 61.2 Å². The average Bonchev–Trinajstić information content (AvgIpc) is 3.52. The first kappa shape index (κ1) is 26.5. The van der Waals surface area contributed by atoms with Crippen LogP contribution in [0.4, 0.5) is 5.82 Å². The molecule has 6 rings (SSSR count). The average molecular weight is 561 g/mol. The van der Waals surface area contributed by atoms with E-state index in [9.17, 15) is 14.7 Å². The predicted molar refractivity (Wildman–Crippen MR) is 155 cm³/mol. The summed E-state index contributed by atoms with van der Waals surface area (Å²) in [6, 6.07) is 13.5. The number of aliphatic hydroxyl groups is 1. The van der Waals surface area contributed by atoms with Gasteiger partial charge in [-0.15, -0.1) is 0 Å². The normalized spacial score (nSPS) is 21.2. The highest BCUT2D eigenvalue weighted by atomic mass is 35.5. The first-order valence-corrected chi connectivity index (χ1v) is 14.3. The molecule has 208 valence electrons. The topological polar surface area (TPSA) is 105 Å². The number of para-hydroxylation sites is 2. The van der Waals surface area contributed by atoms with E-state index in [1.807, 2.05) is 41.0 Å². The zero-order valence-electron chi connectivity index (χ0n) is 22.5. The summed E-state index contributed by atoms with van der Waals surface area (Å²) < 4.78 is 3.61. The molecule has 1 saturated carbocycles. The molecule has 4 heterocycles. The number of pyridine rings is 2. The second-order valence-electron chi connectivity index (χ2n) is 11.0. The van der Waals surface area contributed by atoms with Gasteiger partial charge in [-0.2, -0.15) is 0 Å². The summed E-state index contributed by atoms with van der Waals surface area (Å²) >= 11 is 6.05. The zero-order chi connectivity index (χ0) is 27.8. The van der Waals surface area contributed by atoms with Crippen LogP contribution in [0.15, 0.2) is 59.7 Å². The number of hydrogen-bond donors (Lipinski definition) is 2. The van der Waals surface area contributed by atoms with E-state index in [0.29, 0.717) is 35.3 Å². The quantitative estimate of drug-likeness (QED) is 0.368. The molecule has 1 aromatic carbocycles. The van der Waals surface area contributed by atoms with Gasteiger partial charge in [0.15, 0.2) is 0 Å². The molecule has 2 N–H and O–H groups in total. The molecule has 9 nitrogen and oxygen atoms in total. The minimum absolute atomic E-state index is 0.0771. The molecule has 40 heavy (non-hydrogen) atoms. The van der Waals surface area contributed by atoms with Crippen LogP contribution in [0.3, 0.4) is 0 Å². The van der Waals surface area contributed by atoms with Gasteiger partial charge < -0.3 is 15.3 Å². The van der Waals surface area contributed by atoms with Crippen molar-refractivity contribution in [3.05, 3.63) is 81.6 Å². The number of nitrogens with one attached hydrogen (secondary N) is 1. The third-order valence-corrected chi connectivity index (χ3v) is 8.44. The minimum atomic E-state index is -0.321. The van der Waals surface area contributed by atoms with Crippen LogP contribution in [0, 0.1) is 12.8 Å². The zero-order valence-corrected chi connectivity index (χ0v) is 23.2. The number of fused-ring (bicyclic) bond motifs is 1. The Morgan fingerprint density at radius 2 is 1.82 bits per heavy atom. The highest BCUT2D eigenvalue weighted by Crippen LogP contribution is 2.28. The van der Waals surface area contributed by atoms with Gasteiger partial charge in [-0.1, -0.05) is 23.7 Å². The summed E-state index contributed by atoms with van der Waals surface area (Å²) in [6.45, 7) is 3.78. The number of β-amino-alcohol motifs (C(OH)–C–C–N with tert-alkyl or cyclic N) is 1. The second-order valence-corrected chi connectivity index (χ2v) is 11.4. The Hall–Kier alpha value is -3.69. The molecule has 3 aromatic heterocycles. The lowest BCUT2D eigenvalue weighted by molar-refractivity contribution is 0.0919. The molecule has 1 amide bonds. The number of benzene rings is 1. The standard InChI is InChI=1S/C30H33ClN6O3/c1-19-25(14-21(31)15-32-19)29(39)34-22-8-6-20(7-9-22)17-36-26-4-2-3-5-27(26)37(30(36)40)23-10-11-28(33-16-23)35-13-12-24(38)18-35/h2-5,10-11,14-16,20,22,24,38H,6-9,12-13,17-18H2,1H3,(H,34,39)/t20?,22?,24-/m1/s1. The summed E-state index contributed by atoms with van der Waals surface area (Å²) in [6.07, 6.45) is 7.25. The molecule has 1 aliphatic carbocycles. The van der Waals surface area contributed by atoms with E-state index in [4.69, 9.17) is 11.6 Å². The fourth-order valence-electron chi connectivity index (χ4n) is 6.03. The molecule has 2 aliphatic rings. The number of imidazole rings is 1. The van der Waals surface area contributed by atoms with Gasteiger partial charge >= 0.3 is 5.69 Å². The molecule has 1 aliphatic heterocycles. The molecule has 0 bridgehead atoms. The molecule has 0 unspecified atom stereocenters. The largest absolute Gasteiger partial charge is 0.391 e. The molecular weight excluding hydrogens is 528 g/mol. The number of aliphatic hydroxyl groups excluding tert-OH is 1. The SMILES string of the molecule is Cc1ncc(Cl)cc1C(=O)NC1CCC(Cn2c(=O)n(-c3ccc(N4CC[C@@H](O)C4)nc3)c3ccccc32)CC1. The minimum Gasteiger partial charge on any atom is -0.391 e. The Labute approximate surface area is 237 Å². The lowest BCUT2D eigenvalue weighted by Crippen LogP contribution is -2.39. The highest BCUT2D eigenvalue weighted by Gasteiger charge is 2.26. The maximum absolute atomic E-state index is 13.8. The number of hydrogen-bond acceptors (Lipinski definition) is 6. The predicted octanol–water partition coefficient (Wildman–Crippen LogP) is 4.10. The maximum atomic E-state index is 13.8. The lowest BCUT2D eigenvalue weighted by atomic mass is 9.85. The number of amides is 1. The van der Waals surface area contributed by atoms with Crippen molar-refractivity contribution >= 4 is 34.4 Å². The summed E-state index contributed by atoms with van der Waals surface area (Å²) in [7, 11) is 0. The van der Waals surface area contributed by atoms with E-state index < -0.39 is 0 Å². The summed E-state index contributed by atoms with van der Waals surface area (Å²) in [5.41, 5.74) is 3.57. The Balaban J connectivity index is 1.16. The van der Waals surface area contributed by atoms with Crippen LogP contribution in [-0.4, -0.2) is 55.4 Å². The van der Waals surface area contributed by atoms with Gasteiger partial charge in [-0.25, -0.2) is 9.78 Å². The Kier molecular flexibility index (Phi) is 7.33. The van der Waals surface area contributed by atoms with Gasteiger partial charge in [0.2, 0.25) is 0 Å². The van der Waals surface area contributed by atoms with Crippen molar-refractivity contribution in [2.45, 2.75) is 57.7 Å². The number of aryl methyl sites for hydroxylation is 1. The fourth-order valence-corrected chi connectivity index (χ4v) is 6.19. The van der Waals surface area contributed by atoms with Crippen molar-refractivity contribution in [3.63, 3.8) is 0 Å². The van der Waals surface area contributed by atoms with Crippen molar-refractivity contribution in [2.75, 3.05) is 18.0 Å². The third-order valence-electron chi connectivity index (χ3n) is 8.23. The van der Waals surface area contributed by atoms with E-state index in [-0.39, 0.29) is 23.7 Å². The second kappa shape index (κ2) is 11.1. The lowest BCUT2D eigenvalue weighted by Gasteiger charge is -2.29. The smallest absolute Gasteiger partial charge is 0.333 e. The summed E-state index contributed by atoms with van der Waals surface area (Å²) in [5.74, 6) is 1.00. The number of anilines is 1. The molecular formula is C30H33ClN6O3. The number of halogens is 1. The fraction of sp³-hybridized carbons (Fsp3) is 0.400. The summed E-state index contributed by atoms with van der Waals surface area (Å²) in [5, 5.41) is 13.5. The van der Waals surface area contributed by atoms with Gasteiger partial charge in [-0.05, 0) is 75.3 Å². The van der Waals surface area contributed by atoms with Gasteiger partial charge in [-0.3, -0.25) is 18.9 Å². The number of nitrogens with zero attached hydrogens (tertiary/aromatic N) is 5. The van der Waals surface area contributed by atoms with E-state index in [1.165, 1.54) is 0 Å². The molecule has 0 spiro atoms. The van der Waals surface area contributed by atoms with Gasteiger partial charge in [0.1, 0.15) is 5.82 Å². The van der Waals surface area contributed by atoms with Crippen LogP contribution in [0.2, 0.25) is 5.02 Å². The Bertz CT molecular complexity index is 1590. The van der Waals surface area contributed by atoms with Crippen molar-refractivity contribution in [2.24, 2.45) is 5.92 Å². The number of rotatable bonds is 6. The van der Waals surface area contributed by atoms with Gasteiger partial charge in [0, 0.05) is 31.9 Å². The Morgan fingerprint density at radius 1 is 1.05 bits per heavy atom. The van der Waals surface area contributed by atoms with Crippen molar-refractivity contribution < 1.29 is 9.90 Å². The van der Waals surface area contributed by atoms with Crippen LogP contribution in [0.1, 0.15) is 48.2 Å². The highest BCUT2D eigenvalue weighted by molar-refractivity contribution is 6.30. The van der Waals surface area contributed by atoms with Crippen LogP contribution in [0.25, 0.3) is 16.7 Å². The monoisotopic (exact) mass is 560 g/mol. The molecule has 4 aromatic rings. The molecule has 1 saturated heterocycles. The van der Waals surface area contributed by atoms with Crippen LogP contribution >= 0.6 is 11.6 Å². The van der Waals surface area contributed by atoms with E-state index >= 15 is 0 Å². The maximum Gasteiger partial charge on any atom is 0.333 e. The third kappa shape index (κ3) is 5.23. The van der Waals surface area contributed by atoms with Crippen LogP contribution in [-0.2, 0) is 6.54 Å². The van der Waals surface area contributed by atoms with Crippen molar-refractivity contribution in [1.82, 2.24) is 24.4 Å². The van der Waals surface area contributed by atoms with E-state index in [2.05, 4.69) is 20.2 Å². The first-order valence-electron chi connectivity index (χ1n) is 13.9. The number of carbonyl (C=O) groups excluding carboxylic acids is 1. The molecule has 1 atom stereocenters. The van der Waals surface area contributed by atoms with Crippen molar-refractivity contribution in [1.29, 1.82) is 0 Å². The molecule has 0 radical (unpaired) electrons. The van der Waals surface area contributed by atoms with Gasteiger partial charge in [0.25, 0.3) is 5.91 Å². The van der Waals surface area contributed by atoms with Crippen molar-refractivity contribution in [3.8, 4) is 5.69 Å². The number of aromatic nitrogens is 4. The molecule has 10 heteroatoms.